The van der Waals surface area contributed by atoms with Gasteiger partial charge in [-0.15, -0.1) is 11.3 Å². The standard InChI is InChI=1S/C13H22N2OS/c1-3-5-8-12(14)13(16)15(4-2)10-11-7-6-9-17-11/h6-7,9,12H,3-5,8,10,14H2,1-2H3. The Labute approximate surface area is 108 Å². The largest absolute Gasteiger partial charge is 0.336 e. The number of unbranched alkanes of at least 4 members (excludes halogenated alkanes) is 1. The predicted molar refractivity (Wildman–Crippen MR) is 72.9 cm³/mol. The van der Waals surface area contributed by atoms with E-state index in [1.165, 1.54) is 4.88 Å². The second-order valence-electron chi connectivity index (χ2n) is 4.18. The van der Waals surface area contributed by atoms with Gasteiger partial charge in [-0.1, -0.05) is 25.8 Å². The number of nitrogens with two attached hydrogens (primary N) is 1. The molecule has 3 nitrogen and oxygen atoms in total. The average Bonchev–Trinajstić information content (AvgIpc) is 2.84. The van der Waals surface area contributed by atoms with Gasteiger partial charge < -0.3 is 10.6 Å². The first-order valence-corrected chi connectivity index (χ1v) is 7.13. The summed E-state index contributed by atoms with van der Waals surface area (Å²) in [6.45, 7) is 5.52. The molecule has 0 radical (unpaired) electrons. The molecule has 96 valence electrons. The van der Waals surface area contributed by atoms with Gasteiger partial charge in [0.05, 0.1) is 12.6 Å². The molecule has 1 rings (SSSR count). The lowest BCUT2D eigenvalue weighted by Crippen LogP contribution is -2.43. The lowest BCUT2D eigenvalue weighted by Gasteiger charge is -2.23. The van der Waals surface area contributed by atoms with E-state index in [-0.39, 0.29) is 11.9 Å². The van der Waals surface area contributed by atoms with Gasteiger partial charge in [0.15, 0.2) is 0 Å². The van der Waals surface area contributed by atoms with E-state index < -0.39 is 0 Å². The highest BCUT2D eigenvalue weighted by atomic mass is 32.1. The first-order chi connectivity index (χ1) is 8.19. The van der Waals surface area contributed by atoms with Crippen molar-refractivity contribution in [2.45, 2.75) is 45.7 Å². The van der Waals surface area contributed by atoms with E-state index in [1.807, 2.05) is 23.3 Å². The van der Waals surface area contributed by atoms with E-state index in [9.17, 15) is 4.79 Å². The molecule has 0 aliphatic heterocycles. The van der Waals surface area contributed by atoms with Crippen LogP contribution < -0.4 is 5.73 Å². The number of rotatable bonds is 7. The van der Waals surface area contributed by atoms with Crippen molar-refractivity contribution in [3.05, 3.63) is 22.4 Å². The maximum Gasteiger partial charge on any atom is 0.239 e. The smallest absolute Gasteiger partial charge is 0.239 e. The van der Waals surface area contributed by atoms with Gasteiger partial charge in [-0.2, -0.15) is 0 Å². The van der Waals surface area contributed by atoms with Crippen LogP contribution in [0.4, 0.5) is 0 Å². The summed E-state index contributed by atoms with van der Waals surface area (Å²) in [4.78, 5) is 15.2. The number of carbonyl (C=O) groups is 1. The first kappa shape index (κ1) is 14.2. The molecule has 0 aliphatic carbocycles. The molecule has 0 bridgehead atoms. The predicted octanol–water partition coefficient (Wildman–Crippen LogP) is 2.61. The van der Waals surface area contributed by atoms with Crippen LogP contribution in [0.2, 0.25) is 0 Å². The summed E-state index contributed by atoms with van der Waals surface area (Å²) in [5.41, 5.74) is 5.92. The summed E-state index contributed by atoms with van der Waals surface area (Å²) in [5, 5.41) is 2.03. The highest BCUT2D eigenvalue weighted by Crippen LogP contribution is 2.13. The minimum Gasteiger partial charge on any atom is -0.336 e. The van der Waals surface area contributed by atoms with Crippen molar-refractivity contribution in [1.29, 1.82) is 0 Å². The molecule has 17 heavy (non-hydrogen) atoms. The van der Waals surface area contributed by atoms with Gasteiger partial charge in [0.2, 0.25) is 5.91 Å². The lowest BCUT2D eigenvalue weighted by atomic mass is 10.1. The van der Waals surface area contributed by atoms with Gasteiger partial charge in [0.1, 0.15) is 0 Å². The molecule has 1 aromatic rings. The third-order valence-electron chi connectivity index (χ3n) is 2.81. The number of thiophene rings is 1. The topological polar surface area (TPSA) is 46.3 Å². The van der Waals surface area contributed by atoms with Crippen molar-refractivity contribution < 1.29 is 4.79 Å². The van der Waals surface area contributed by atoms with Gasteiger partial charge in [-0.3, -0.25) is 4.79 Å². The fraction of sp³-hybridized carbons (Fsp3) is 0.615. The van der Waals surface area contributed by atoms with Crippen molar-refractivity contribution in [2.24, 2.45) is 5.73 Å². The van der Waals surface area contributed by atoms with Gasteiger partial charge >= 0.3 is 0 Å². The summed E-state index contributed by atoms with van der Waals surface area (Å²) < 4.78 is 0. The molecule has 1 unspecified atom stereocenters. The van der Waals surface area contributed by atoms with Crippen molar-refractivity contribution in [2.75, 3.05) is 6.54 Å². The lowest BCUT2D eigenvalue weighted by molar-refractivity contribution is -0.133. The quantitative estimate of drug-likeness (QED) is 0.813. The Morgan fingerprint density at radius 3 is 2.82 bits per heavy atom. The molecule has 0 saturated carbocycles. The maximum absolute atomic E-state index is 12.1. The van der Waals surface area contributed by atoms with E-state index in [0.717, 1.165) is 25.8 Å². The van der Waals surface area contributed by atoms with Crippen molar-refractivity contribution >= 4 is 17.2 Å². The Morgan fingerprint density at radius 2 is 2.29 bits per heavy atom. The number of hydrogen-bond acceptors (Lipinski definition) is 3. The number of likely N-dealkylation sites (N-methyl/N-ethyl adjacent to an activating group) is 1. The Morgan fingerprint density at radius 1 is 1.53 bits per heavy atom. The van der Waals surface area contributed by atoms with Crippen LogP contribution in [0, 0.1) is 0 Å². The summed E-state index contributed by atoms with van der Waals surface area (Å²) >= 11 is 1.68. The average molecular weight is 254 g/mol. The highest BCUT2D eigenvalue weighted by molar-refractivity contribution is 7.09. The highest BCUT2D eigenvalue weighted by Gasteiger charge is 2.19. The zero-order valence-corrected chi connectivity index (χ0v) is 11.5. The third kappa shape index (κ3) is 4.48. The zero-order chi connectivity index (χ0) is 12.7. The Hall–Kier alpha value is -0.870. The van der Waals surface area contributed by atoms with Gasteiger partial charge in [-0.25, -0.2) is 0 Å². The number of amides is 1. The molecule has 0 aliphatic rings. The normalized spacial score (nSPS) is 12.4. The molecule has 1 heterocycles. The van der Waals surface area contributed by atoms with E-state index in [4.69, 9.17) is 5.73 Å². The Balaban J connectivity index is 2.51. The van der Waals surface area contributed by atoms with Crippen molar-refractivity contribution in [1.82, 2.24) is 4.90 Å². The number of carbonyl (C=O) groups excluding carboxylic acids is 1. The molecule has 0 aromatic carbocycles. The SMILES string of the molecule is CCCCC(N)C(=O)N(CC)Cc1cccs1. The molecule has 0 saturated heterocycles. The minimum absolute atomic E-state index is 0.0781. The third-order valence-corrected chi connectivity index (χ3v) is 3.67. The van der Waals surface area contributed by atoms with E-state index in [2.05, 4.69) is 13.0 Å². The van der Waals surface area contributed by atoms with Crippen LogP contribution in [0.25, 0.3) is 0 Å². The minimum atomic E-state index is -0.338. The Bertz CT molecular complexity index is 324. The van der Waals surface area contributed by atoms with Crippen molar-refractivity contribution in [3.63, 3.8) is 0 Å². The summed E-state index contributed by atoms with van der Waals surface area (Å²) in [6.07, 6.45) is 2.89. The summed E-state index contributed by atoms with van der Waals surface area (Å²) in [5.74, 6) is 0.0781. The first-order valence-electron chi connectivity index (χ1n) is 6.25. The van der Waals surface area contributed by atoms with Crippen LogP contribution in [0.3, 0.4) is 0 Å². The van der Waals surface area contributed by atoms with E-state index in [0.29, 0.717) is 6.54 Å². The van der Waals surface area contributed by atoms with Crippen LogP contribution in [-0.4, -0.2) is 23.4 Å². The van der Waals surface area contributed by atoms with Crippen LogP contribution in [0.15, 0.2) is 17.5 Å². The second kappa shape index (κ2) is 7.45. The molecule has 2 N–H and O–H groups in total. The van der Waals surface area contributed by atoms with Gasteiger partial charge in [-0.05, 0) is 24.8 Å². The van der Waals surface area contributed by atoms with Crippen LogP contribution >= 0.6 is 11.3 Å². The van der Waals surface area contributed by atoms with Gasteiger partial charge in [0.25, 0.3) is 0 Å². The molecule has 1 amide bonds. The monoisotopic (exact) mass is 254 g/mol. The number of nitrogens with zero attached hydrogens (tertiary/aromatic N) is 1. The van der Waals surface area contributed by atoms with Crippen molar-refractivity contribution in [3.8, 4) is 0 Å². The fourth-order valence-corrected chi connectivity index (χ4v) is 2.44. The van der Waals surface area contributed by atoms with Crippen LogP contribution in [-0.2, 0) is 11.3 Å². The maximum atomic E-state index is 12.1. The molecule has 0 spiro atoms. The van der Waals surface area contributed by atoms with E-state index >= 15 is 0 Å². The second-order valence-corrected chi connectivity index (χ2v) is 5.21. The molecular formula is C13H22N2OS. The Kier molecular flexibility index (Phi) is 6.22. The molecule has 1 atom stereocenters. The van der Waals surface area contributed by atoms with Crippen LogP contribution in [0.1, 0.15) is 38.0 Å². The molecule has 4 heteroatoms. The van der Waals surface area contributed by atoms with Gasteiger partial charge in [0, 0.05) is 11.4 Å². The fourth-order valence-electron chi connectivity index (χ4n) is 1.72. The zero-order valence-electron chi connectivity index (χ0n) is 10.7. The van der Waals surface area contributed by atoms with E-state index in [1.54, 1.807) is 11.3 Å². The summed E-state index contributed by atoms with van der Waals surface area (Å²) in [7, 11) is 0. The molecular weight excluding hydrogens is 232 g/mol. The molecule has 1 aromatic heterocycles. The van der Waals surface area contributed by atoms with Crippen LogP contribution in [0.5, 0.6) is 0 Å². The number of hydrogen-bond donors (Lipinski definition) is 1. The molecule has 0 fully saturated rings. The summed E-state index contributed by atoms with van der Waals surface area (Å²) in [6, 6.07) is 3.72.